The Hall–Kier alpha value is -5.66. The summed E-state index contributed by atoms with van der Waals surface area (Å²) in [7, 11) is 0. The van der Waals surface area contributed by atoms with Crippen LogP contribution in [0.3, 0.4) is 0 Å². The van der Waals surface area contributed by atoms with Gasteiger partial charge in [-0.05, 0) is 88.1 Å². The number of hydrogen-bond donors (Lipinski definition) is 0. The van der Waals surface area contributed by atoms with E-state index >= 15 is 0 Å². The number of benzene rings is 3. The molecule has 10 nitrogen and oxygen atoms in total. The summed E-state index contributed by atoms with van der Waals surface area (Å²) in [6, 6.07) is 11.0. The van der Waals surface area contributed by atoms with Crippen molar-refractivity contribution >= 4 is 23.9 Å². The molecule has 0 saturated heterocycles. The van der Waals surface area contributed by atoms with Gasteiger partial charge in [0.15, 0.2) is 0 Å². The van der Waals surface area contributed by atoms with Gasteiger partial charge in [0.1, 0.15) is 11.5 Å². The van der Waals surface area contributed by atoms with Crippen molar-refractivity contribution in [2.45, 2.75) is 142 Å². The fourth-order valence-corrected chi connectivity index (χ4v) is 6.64. The van der Waals surface area contributed by atoms with Gasteiger partial charge in [0.25, 0.3) is 0 Å². The van der Waals surface area contributed by atoms with Gasteiger partial charge in [-0.3, -0.25) is 0 Å². The normalized spacial score (nSPS) is 10.9. The van der Waals surface area contributed by atoms with Crippen molar-refractivity contribution in [1.29, 1.82) is 0 Å². The van der Waals surface area contributed by atoms with Crippen molar-refractivity contribution in [3.8, 4) is 23.0 Å². The fourth-order valence-electron chi connectivity index (χ4n) is 6.64. The van der Waals surface area contributed by atoms with Gasteiger partial charge in [-0.1, -0.05) is 116 Å². The van der Waals surface area contributed by atoms with Crippen molar-refractivity contribution in [2.75, 3.05) is 26.4 Å². The van der Waals surface area contributed by atoms with Crippen molar-refractivity contribution in [3.05, 3.63) is 107 Å². The Balaban J connectivity index is 1.30. The van der Waals surface area contributed by atoms with Gasteiger partial charge in [0.05, 0.1) is 37.6 Å². The van der Waals surface area contributed by atoms with Gasteiger partial charge >= 0.3 is 23.9 Å². The van der Waals surface area contributed by atoms with E-state index in [4.69, 9.17) is 28.4 Å². The molecule has 0 radical (unpaired) electrons. The third-order valence-corrected chi connectivity index (χ3v) is 10.5. The number of ether oxygens (including phenoxy) is 6. The molecule has 3 rings (SSSR count). The van der Waals surface area contributed by atoms with Gasteiger partial charge in [-0.2, -0.15) is 17.6 Å². The predicted octanol–water partition coefficient (Wildman–Crippen LogP) is 13.5. The molecule has 0 N–H and O–H groups in total. The topological polar surface area (TPSA) is 124 Å². The number of carbonyl (C=O) groups excluding carboxylic acids is 4. The molecular weight excluding hydrogens is 861 g/mol. The van der Waals surface area contributed by atoms with E-state index in [0.717, 1.165) is 128 Å². The van der Waals surface area contributed by atoms with E-state index in [1.807, 2.05) is 0 Å². The molecule has 0 aliphatic rings. The van der Waals surface area contributed by atoms with E-state index in [1.165, 1.54) is 48.5 Å². The van der Waals surface area contributed by atoms with Crippen LogP contribution in [0.4, 0.5) is 17.6 Å². The zero-order chi connectivity index (χ0) is 48.1. The summed E-state index contributed by atoms with van der Waals surface area (Å²) >= 11 is 0. The molecule has 0 heterocycles. The smallest absolute Gasteiger partial charge is 0.343 e. The van der Waals surface area contributed by atoms with E-state index in [0.29, 0.717) is 49.1 Å². The number of rotatable bonds is 34. The maximum atomic E-state index is 15.0. The Labute approximate surface area is 387 Å². The summed E-state index contributed by atoms with van der Waals surface area (Å²) in [5.41, 5.74) is 0.495. The van der Waals surface area contributed by atoms with Crippen LogP contribution in [0, 0.1) is 23.3 Å². The van der Waals surface area contributed by atoms with Gasteiger partial charge in [0, 0.05) is 11.1 Å². The highest BCUT2D eigenvalue weighted by Crippen LogP contribution is 2.36. The molecule has 14 heteroatoms. The molecule has 0 amide bonds. The fraction of sp³-hybridized carbons (Fsp3) is 0.500. The Kier molecular flexibility index (Phi) is 25.9. The lowest BCUT2D eigenvalue weighted by Gasteiger charge is -2.13. The average molecular weight is 927 g/mol. The molecule has 0 fully saturated rings. The first-order valence-corrected chi connectivity index (χ1v) is 23.2. The first kappa shape index (κ1) is 54.7. The molecule has 0 spiro atoms. The maximum Gasteiger partial charge on any atom is 0.343 e. The van der Waals surface area contributed by atoms with E-state index in [9.17, 15) is 36.7 Å². The summed E-state index contributed by atoms with van der Waals surface area (Å²) in [4.78, 5) is 48.1. The van der Waals surface area contributed by atoms with Crippen molar-refractivity contribution in [1.82, 2.24) is 0 Å². The second kappa shape index (κ2) is 31.3. The predicted molar refractivity (Wildman–Crippen MR) is 244 cm³/mol. The number of halogens is 4. The number of hydrogen-bond acceptors (Lipinski definition) is 10. The largest absolute Gasteiger partial charge is 0.494 e. The molecular formula is C52H66F4O10. The van der Waals surface area contributed by atoms with Crippen LogP contribution in [-0.2, 0) is 19.1 Å². The summed E-state index contributed by atoms with van der Waals surface area (Å²) in [5.74, 6) is -13.9. The first-order valence-electron chi connectivity index (χ1n) is 23.2. The molecule has 0 atom stereocenters. The zero-order valence-corrected chi connectivity index (χ0v) is 38.6. The summed E-state index contributed by atoms with van der Waals surface area (Å²) < 4.78 is 91.0. The van der Waals surface area contributed by atoms with Gasteiger partial charge in [0.2, 0.25) is 34.8 Å². The molecule has 0 bridgehead atoms. The molecule has 0 aromatic heterocycles. The minimum absolute atomic E-state index is 0.163. The van der Waals surface area contributed by atoms with Crippen LogP contribution in [-0.4, -0.2) is 50.3 Å². The van der Waals surface area contributed by atoms with Crippen LogP contribution >= 0.6 is 0 Å². The SMILES string of the molecule is C=C(C)C(=O)OCCCCCCCCCCCCOc1ccc(C(=O)Oc2c(F)c(F)c(OC(=O)c3ccc(OCCCCCCCCCCCCOC(=O)C(=C)C)cc3)c(F)c2F)cc1. The Morgan fingerprint density at radius 3 is 0.894 bits per heavy atom. The average Bonchev–Trinajstić information content (AvgIpc) is 3.31. The first-order chi connectivity index (χ1) is 31.8. The lowest BCUT2D eigenvalue weighted by atomic mass is 10.1. The molecule has 3 aromatic rings. The van der Waals surface area contributed by atoms with Gasteiger partial charge < -0.3 is 28.4 Å². The minimum Gasteiger partial charge on any atom is -0.494 e. The van der Waals surface area contributed by atoms with E-state index in [2.05, 4.69) is 13.2 Å². The van der Waals surface area contributed by atoms with Gasteiger partial charge in [-0.25, -0.2) is 19.2 Å². The quantitative estimate of drug-likeness (QED) is 0.0143. The zero-order valence-electron chi connectivity index (χ0n) is 38.6. The molecule has 362 valence electrons. The van der Waals surface area contributed by atoms with Crippen molar-refractivity contribution < 1.29 is 65.2 Å². The van der Waals surface area contributed by atoms with E-state index in [-0.39, 0.29) is 23.1 Å². The maximum absolute atomic E-state index is 15.0. The molecule has 66 heavy (non-hydrogen) atoms. The third-order valence-electron chi connectivity index (χ3n) is 10.5. The summed E-state index contributed by atoms with van der Waals surface area (Å²) in [6.45, 7) is 12.1. The van der Waals surface area contributed by atoms with Crippen molar-refractivity contribution in [3.63, 3.8) is 0 Å². The lowest BCUT2D eigenvalue weighted by Crippen LogP contribution is -2.16. The van der Waals surface area contributed by atoms with Crippen LogP contribution in [0.25, 0.3) is 0 Å². The van der Waals surface area contributed by atoms with Crippen LogP contribution in [0.2, 0.25) is 0 Å². The molecule has 0 unspecified atom stereocenters. The molecule has 0 aliphatic carbocycles. The van der Waals surface area contributed by atoms with E-state index in [1.54, 1.807) is 13.8 Å². The highest BCUT2D eigenvalue weighted by Gasteiger charge is 2.31. The van der Waals surface area contributed by atoms with Crippen LogP contribution in [0.15, 0.2) is 72.8 Å². The minimum atomic E-state index is -2.06. The lowest BCUT2D eigenvalue weighted by molar-refractivity contribution is -0.139. The second-order valence-electron chi connectivity index (χ2n) is 16.3. The van der Waals surface area contributed by atoms with Crippen LogP contribution in [0.1, 0.15) is 163 Å². The molecule has 0 saturated carbocycles. The summed E-state index contributed by atoms with van der Waals surface area (Å²) in [5, 5.41) is 0. The second-order valence-corrected chi connectivity index (χ2v) is 16.3. The molecule has 3 aromatic carbocycles. The number of carbonyl (C=O) groups is 4. The highest BCUT2D eigenvalue weighted by molar-refractivity contribution is 5.92. The Bertz CT molecular complexity index is 1830. The molecule has 0 aliphatic heterocycles. The number of esters is 4. The van der Waals surface area contributed by atoms with Crippen molar-refractivity contribution in [2.24, 2.45) is 0 Å². The monoisotopic (exact) mass is 926 g/mol. The summed E-state index contributed by atoms with van der Waals surface area (Å²) in [6.07, 6.45) is 20.8. The standard InChI is InChI=1S/C52H66F4O10/c1-37(2)49(57)63-35-23-19-15-11-7-5-9-13-17-21-33-61-41-29-25-39(26-30-41)51(59)65-47-43(53)45(55)48(46(56)44(47)54)66-52(60)40-27-31-42(32-28-40)62-34-22-18-14-10-6-8-12-16-20-24-36-64-50(58)38(3)4/h25-32H,1,3,5-24,33-36H2,2,4H3. The highest BCUT2D eigenvalue weighted by atomic mass is 19.2. The number of unbranched alkanes of at least 4 members (excludes halogenated alkanes) is 18. The van der Waals surface area contributed by atoms with Crippen LogP contribution in [0.5, 0.6) is 23.0 Å². The Morgan fingerprint density at radius 2 is 0.636 bits per heavy atom. The van der Waals surface area contributed by atoms with Crippen LogP contribution < -0.4 is 18.9 Å². The van der Waals surface area contributed by atoms with Gasteiger partial charge in [-0.15, -0.1) is 0 Å². The van der Waals surface area contributed by atoms with E-state index < -0.39 is 46.7 Å². The third kappa shape index (κ3) is 20.7. The Morgan fingerprint density at radius 1 is 0.394 bits per heavy atom.